The van der Waals surface area contributed by atoms with Crippen LogP contribution in [0, 0.1) is 5.92 Å². The molecular formula is C22H31N3O4. The van der Waals surface area contributed by atoms with Crippen LogP contribution in [-0.2, 0) is 4.74 Å². The van der Waals surface area contributed by atoms with Gasteiger partial charge < -0.3 is 14.2 Å². The highest BCUT2D eigenvalue weighted by atomic mass is 16.5. The molecule has 29 heavy (non-hydrogen) atoms. The van der Waals surface area contributed by atoms with Gasteiger partial charge in [-0.2, -0.15) is 5.10 Å². The maximum atomic E-state index is 11.5. The molecule has 1 aliphatic carbocycles. The van der Waals surface area contributed by atoms with Crippen LogP contribution in [0.15, 0.2) is 24.5 Å². The highest BCUT2D eigenvalue weighted by Gasteiger charge is 2.30. The molecule has 2 aromatic rings. The van der Waals surface area contributed by atoms with Crippen LogP contribution in [0.1, 0.15) is 67.5 Å². The molecule has 7 heteroatoms. The van der Waals surface area contributed by atoms with Gasteiger partial charge in [0.1, 0.15) is 12.4 Å². The van der Waals surface area contributed by atoms with Crippen molar-refractivity contribution in [2.45, 2.75) is 51.5 Å². The van der Waals surface area contributed by atoms with Gasteiger partial charge >= 0.3 is 0 Å². The molecule has 0 aromatic carbocycles. The van der Waals surface area contributed by atoms with Crippen molar-refractivity contribution in [3.05, 3.63) is 35.8 Å². The number of aldehydes is 1. The number of carbonyl (C=O) groups excluding carboxylic acids is 1. The first-order valence-corrected chi connectivity index (χ1v) is 10.4. The second-order valence-electron chi connectivity index (χ2n) is 7.78. The SMILES string of the molecule is COCCOc1cc(C=O)c(OCC2CCCCC2c2ccnn2C(C)C)cn1. The van der Waals surface area contributed by atoms with Crippen molar-refractivity contribution < 1.29 is 19.0 Å². The molecule has 0 radical (unpaired) electrons. The number of hydrogen-bond acceptors (Lipinski definition) is 6. The zero-order valence-corrected chi connectivity index (χ0v) is 17.5. The van der Waals surface area contributed by atoms with E-state index >= 15 is 0 Å². The Morgan fingerprint density at radius 2 is 2.07 bits per heavy atom. The van der Waals surface area contributed by atoms with Crippen molar-refractivity contribution in [1.29, 1.82) is 0 Å². The first-order valence-electron chi connectivity index (χ1n) is 10.4. The van der Waals surface area contributed by atoms with Crippen molar-refractivity contribution in [1.82, 2.24) is 14.8 Å². The minimum atomic E-state index is 0.333. The van der Waals surface area contributed by atoms with Crippen LogP contribution in [0.25, 0.3) is 0 Å². The Bertz CT molecular complexity index is 790. The minimum absolute atomic E-state index is 0.333. The Morgan fingerprint density at radius 3 is 2.83 bits per heavy atom. The predicted octanol–water partition coefficient (Wildman–Crippen LogP) is 4.05. The number of ether oxygens (including phenoxy) is 3. The fourth-order valence-electron chi connectivity index (χ4n) is 4.00. The molecule has 2 heterocycles. The number of hydrogen-bond donors (Lipinski definition) is 0. The topological polar surface area (TPSA) is 75.5 Å². The van der Waals surface area contributed by atoms with Gasteiger partial charge in [0.05, 0.1) is 25.0 Å². The maximum absolute atomic E-state index is 11.5. The van der Waals surface area contributed by atoms with E-state index in [2.05, 4.69) is 34.7 Å². The third kappa shape index (κ3) is 5.35. The summed E-state index contributed by atoms with van der Waals surface area (Å²) in [5, 5.41) is 4.51. The van der Waals surface area contributed by atoms with E-state index in [0.717, 1.165) is 19.1 Å². The molecule has 7 nitrogen and oxygen atoms in total. The number of nitrogens with zero attached hydrogens (tertiary/aromatic N) is 3. The number of rotatable bonds is 10. The lowest BCUT2D eigenvalue weighted by atomic mass is 9.77. The molecular weight excluding hydrogens is 370 g/mol. The van der Waals surface area contributed by atoms with E-state index in [4.69, 9.17) is 14.2 Å². The third-order valence-electron chi connectivity index (χ3n) is 5.47. The Labute approximate surface area is 172 Å². The highest BCUT2D eigenvalue weighted by molar-refractivity contribution is 5.79. The molecule has 158 valence electrons. The van der Waals surface area contributed by atoms with Crippen LogP contribution in [0.2, 0.25) is 0 Å². The average molecular weight is 402 g/mol. The Hall–Kier alpha value is -2.41. The predicted molar refractivity (Wildman–Crippen MR) is 110 cm³/mol. The van der Waals surface area contributed by atoms with E-state index in [0.29, 0.717) is 54.9 Å². The lowest BCUT2D eigenvalue weighted by Gasteiger charge is -2.32. The molecule has 3 rings (SSSR count). The molecule has 2 unspecified atom stereocenters. The Morgan fingerprint density at radius 1 is 1.24 bits per heavy atom. The zero-order chi connectivity index (χ0) is 20.6. The van der Waals surface area contributed by atoms with Gasteiger partial charge in [-0.05, 0) is 32.8 Å². The van der Waals surface area contributed by atoms with Gasteiger partial charge in [0.15, 0.2) is 6.29 Å². The molecule has 0 spiro atoms. The number of methoxy groups -OCH3 is 1. The van der Waals surface area contributed by atoms with Crippen LogP contribution in [0.5, 0.6) is 11.6 Å². The normalized spacial score (nSPS) is 19.3. The third-order valence-corrected chi connectivity index (χ3v) is 5.47. The fraction of sp³-hybridized carbons (Fsp3) is 0.591. The van der Waals surface area contributed by atoms with E-state index in [9.17, 15) is 4.79 Å². The second-order valence-corrected chi connectivity index (χ2v) is 7.78. The van der Waals surface area contributed by atoms with E-state index in [-0.39, 0.29) is 0 Å². The standard InChI is InChI=1S/C22H31N3O4/c1-16(2)25-20(8-9-24-25)19-7-5-4-6-17(19)15-29-21-13-23-22(12-18(21)14-26)28-11-10-27-3/h8-9,12-14,16-17,19H,4-7,10-11,15H2,1-3H3. The summed E-state index contributed by atoms with van der Waals surface area (Å²) in [7, 11) is 1.61. The smallest absolute Gasteiger partial charge is 0.214 e. The first-order chi connectivity index (χ1) is 14.1. The van der Waals surface area contributed by atoms with Crippen molar-refractivity contribution in [3.8, 4) is 11.6 Å². The highest BCUT2D eigenvalue weighted by Crippen LogP contribution is 2.39. The Kier molecular flexibility index (Phi) is 7.63. The summed E-state index contributed by atoms with van der Waals surface area (Å²) in [6.07, 6.45) is 8.91. The fourth-order valence-corrected chi connectivity index (χ4v) is 4.00. The van der Waals surface area contributed by atoms with Crippen LogP contribution in [0.3, 0.4) is 0 Å². The quantitative estimate of drug-likeness (QED) is 0.442. The minimum Gasteiger partial charge on any atom is -0.491 e. The van der Waals surface area contributed by atoms with Gasteiger partial charge in [0.25, 0.3) is 0 Å². The van der Waals surface area contributed by atoms with E-state index in [1.807, 2.05) is 6.20 Å². The number of carbonyl (C=O) groups is 1. The van der Waals surface area contributed by atoms with Crippen LogP contribution >= 0.6 is 0 Å². The van der Waals surface area contributed by atoms with Gasteiger partial charge in [-0.15, -0.1) is 0 Å². The second kappa shape index (κ2) is 10.4. The Balaban J connectivity index is 1.68. The van der Waals surface area contributed by atoms with Crippen LogP contribution < -0.4 is 9.47 Å². The average Bonchev–Trinajstić information content (AvgIpc) is 3.23. The summed E-state index contributed by atoms with van der Waals surface area (Å²) in [6, 6.07) is 4.08. The largest absolute Gasteiger partial charge is 0.491 e. The molecule has 1 fully saturated rings. The monoisotopic (exact) mass is 401 g/mol. The van der Waals surface area contributed by atoms with Crippen molar-refractivity contribution in [2.24, 2.45) is 5.92 Å². The van der Waals surface area contributed by atoms with E-state index in [1.54, 1.807) is 19.4 Å². The summed E-state index contributed by atoms with van der Waals surface area (Å²) >= 11 is 0. The van der Waals surface area contributed by atoms with Gasteiger partial charge in [-0.3, -0.25) is 9.48 Å². The van der Waals surface area contributed by atoms with Gasteiger partial charge in [0.2, 0.25) is 5.88 Å². The summed E-state index contributed by atoms with van der Waals surface area (Å²) in [4.78, 5) is 15.8. The number of aromatic nitrogens is 3. The first kappa shape index (κ1) is 21.3. The lowest BCUT2D eigenvalue weighted by molar-refractivity contribution is 0.111. The summed E-state index contributed by atoms with van der Waals surface area (Å²) in [6.45, 7) is 5.72. The van der Waals surface area contributed by atoms with Gasteiger partial charge in [-0.1, -0.05) is 12.8 Å². The maximum Gasteiger partial charge on any atom is 0.214 e. The molecule has 1 saturated carbocycles. The molecule has 1 aliphatic rings. The molecule has 0 amide bonds. The summed E-state index contributed by atoms with van der Waals surface area (Å²) < 4.78 is 18.6. The molecule has 2 atom stereocenters. The van der Waals surface area contributed by atoms with E-state index in [1.165, 1.54) is 18.5 Å². The van der Waals surface area contributed by atoms with Crippen molar-refractivity contribution >= 4 is 6.29 Å². The van der Waals surface area contributed by atoms with Crippen LogP contribution in [0.4, 0.5) is 0 Å². The van der Waals surface area contributed by atoms with Gasteiger partial charge in [-0.25, -0.2) is 4.98 Å². The molecule has 0 saturated heterocycles. The van der Waals surface area contributed by atoms with Gasteiger partial charge in [0, 0.05) is 42.9 Å². The zero-order valence-electron chi connectivity index (χ0n) is 17.5. The number of pyridine rings is 1. The van der Waals surface area contributed by atoms with E-state index < -0.39 is 0 Å². The summed E-state index contributed by atoms with van der Waals surface area (Å²) in [5.41, 5.74) is 1.73. The van der Waals surface area contributed by atoms with Crippen molar-refractivity contribution in [3.63, 3.8) is 0 Å². The molecule has 0 bridgehead atoms. The molecule has 0 aliphatic heterocycles. The van der Waals surface area contributed by atoms with Crippen LogP contribution in [-0.4, -0.2) is 48.0 Å². The van der Waals surface area contributed by atoms with Crippen molar-refractivity contribution in [2.75, 3.05) is 26.9 Å². The summed E-state index contributed by atoms with van der Waals surface area (Å²) in [5.74, 6) is 1.70. The molecule has 2 aromatic heterocycles. The lowest BCUT2D eigenvalue weighted by Crippen LogP contribution is -2.26. The molecule has 0 N–H and O–H groups in total.